The molecule has 0 aliphatic rings. The van der Waals surface area contributed by atoms with Crippen LogP contribution in [0.3, 0.4) is 0 Å². The highest BCUT2D eigenvalue weighted by molar-refractivity contribution is 5.89. The number of hydrogen-bond donors (Lipinski definition) is 1. The maximum absolute atomic E-state index is 11.0. The van der Waals surface area contributed by atoms with Gasteiger partial charge in [0.1, 0.15) is 5.82 Å². The van der Waals surface area contributed by atoms with Crippen molar-refractivity contribution in [2.45, 2.75) is 26.8 Å². The van der Waals surface area contributed by atoms with Crippen LogP contribution in [-0.2, 0) is 6.54 Å². The molecule has 18 heavy (non-hydrogen) atoms. The Morgan fingerprint density at radius 2 is 2.22 bits per heavy atom. The molecule has 0 spiro atoms. The number of carbonyl (C=O) groups is 1. The molecule has 2 aromatic rings. The molecule has 0 aliphatic heterocycles. The number of benzene rings is 1. The van der Waals surface area contributed by atoms with Gasteiger partial charge in [-0.25, -0.2) is 14.5 Å². The molecular weight excluding hydrogens is 230 g/mol. The first-order valence-electron chi connectivity index (χ1n) is 5.87. The average Bonchev–Trinajstić information content (AvgIpc) is 2.71. The fourth-order valence-electron chi connectivity index (χ4n) is 1.83. The number of carboxylic acids is 1. The van der Waals surface area contributed by atoms with Crippen LogP contribution in [0.25, 0.3) is 11.4 Å². The monoisotopic (exact) mass is 245 g/mol. The van der Waals surface area contributed by atoms with E-state index in [2.05, 4.69) is 17.0 Å². The number of hydrogen-bond acceptors (Lipinski definition) is 3. The summed E-state index contributed by atoms with van der Waals surface area (Å²) in [6.45, 7) is 4.67. The van der Waals surface area contributed by atoms with E-state index in [1.165, 1.54) is 0 Å². The molecule has 5 heteroatoms. The zero-order chi connectivity index (χ0) is 13.1. The van der Waals surface area contributed by atoms with Crippen LogP contribution in [-0.4, -0.2) is 25.8 Å². The van der Waals surface area contributed by atoms with Gasteiger partial charge in [0.2, 0.25) is 0 Å². The second kappa shape index (κ2) is 5.00. The van der Waals surface area contributed by atoms with Crippen LogP contribution in [0.5, 0.6) is 0 Å². The van der Waals surface area contributed by atoms with Gasteiger partial charge in [-0.15, -0.1) is 0 Å². The van der Waals surface area contributed by atoms with Crippen molar-refractivity contribution >= 4 is 5.97 Å². The van der Waals surface area contributed by atoms with Gasteiger partial charge in [0.15, 0.2) is 5.82 Å². The Bertz CT molecular complexity index is 575. The van der Waals surface area contributed by atoms with Crippen molar-refractivity contribution in [3.63, 3.8) is 0 Å². The van der Waals surface area contributed by atoms with Crippen molar-refractivity contribution in [2.75, 3.05) is 0 Å². The van der Waals surface area contributed by atoms with Gasteiger partial charge < -0.3 is 5.11 Å². The summed E-state index contributed by atoms with van der Waals surface area (Å²) in [6, 6.07) is 6.76. The van der Waals surface area contributed by atoms with Crippen molar-refractivity contribution in [1.82, 2.24) is 14.8 Å². The SMILES string of the molecule is CCCn1nc(C)nc1-c1cccc(C(=O)O)c1. The smallest absolute Gasteiger partial charge is 0.335 e. The molecule has 0 aliphatic carbocycles. The summed E-state index contributed by atoms with van der Waals surface area (Å²) < 4.78 is 1.82. The van der Waals surface area contributed by atoms with Gasteiger partial charge in [-0.2, -0.15) is 5.10 Å². The summed E-state index contributed by atoms with van der Waals surface area (Å²) in [5.74, 6) is 0.478. The minimum absolute atomic E-state index is 0.260. The molecule has 2 rings (SSSR count). The summed E-state index contributed by atoms with van der Waals surface area (Å²) in [4.78, 5) is 15.3. The van der Waals surface area contributed by atoms with E-state index >= 15 is 0 Å². The Kier molecular flexibility index (Phi) is 3.41. The first-order chi connectivity index (χ1) is 8.61. The van der Waals surface area contributed by atoms with Gasteiger partial charge in [0.25, 0.3) is 0 Å². The van der Waals surface area contributed by atoms with Crippen LogP contribution in [0.1, 0.15) is 29.5 Å². The predicted octanol–water partition coefficient (Wildman–Crippen LogP) is 2.36. The van der Waals surface area contributed by atoms with Gasteiger partial charge in [-0.3, -0.25) is 0 Å². The normalized spacial score (nSPS) is 10.6. The summed E-state index contributed by atoms with van der Waals surface area (Å²) in [7, 11) is 0. The summed E-state index contributed by atoms with van der Waals surface area (Å²) in [5.41, 5.74) is 1.04. The lowest BCUT2D eigenvalue weighted by Crippen LogP contribution is -2.03. The number of aromatic nitrogens is 3. The van der Waals surface area contributed by atoms with E-state index < -0.39 is 5.97 Å². The number of aromatic carboxylic acids is 1. The van der Waals surface area contributed by atoms with Crippen LogP contribution in [0.4, 0.5) is 0 Å². The van der Waals surface area contributed by atoms with E-state index in [1.807, 2.05) is 17.7 Å². The third-order valence-electron chi connectivity index (χ3n) is 2.58. The highest BCUT2D eigenvalue weighted by atomic mass is 16.4. The largest absolute Gasteiger partial charge is 0.478 e. The van der Waals surface area contributed by atoms with E-state index in [0.29, 0.717) is 5.82 Å². The van der Waals surface area contributed by atoms with Gasteiger partial charge >= 0.3 is 5.97 Å². The average molecular weight is 245 g/mol. The molecule has 0 unspecified atom stereocenters. The molecule has 0 amide bonds. The van der Waals surface area contributed by atoms with Crippen molar-refractivity contribution in [2.24, 2.45) is 0 Å². The number of rotatable bonds is 4. The first kappa shape index (κ1) is 12.3. The zero-order valence-corrected chi connectivity index (χ0v) is 10.4. The molecule has 0 atom stereocenters. The van der Waals surface area contributed by atoms with Crippen LogP contribution >= 0.6 is 0 Å². The zero-order valence-electron chi connectivity index (χ0n) is 10.4. The van der Waals surface area contributed by atoms with E-state index in [0.717, 1.165) is 24.4 Å². The van der Waals surface area contributed by atoms with E-state index in [-0.39, 0.29) is 5.56 Å². The lowest BCUT2D eigenvalue weighted by atomic mass is 10.1. The minimum Gasteiger partial charge on any atom is -0.478 e. The Morgan fingerprint density at radius 3 is 2.89 bits per heavy atom. The third kappa shape index (κ3) is 2.40. The molecule has 5 nitrogen and oxygen atoms in total. The lowest BCUT2D eigenvalue weighted by molar-refractivity contribution is 0.0697. The summed E-state index contributed by atoms with van der Waals surface area (Å²) in [6.07, 6.45) is 0.953. The second-order valence-corrected chi connectivity index (χ2v) is 4.09. The molecule has 0 bridgehead atoms. The summed E-state index contributed by atoms with van der Waals surface area (Å²) in [5, 5.41) is 13.3. The van der Waals surface area contributed by atoms with Crippen LogP contribution in [0.15, 0.2) is 24.3 Å². The molecule has 0 radical (unpaired) electrons. The lowest BCUT2D eigenvalue weighted by Gasteiger charge is -2.04. The maximum atomic E-state index is 11.0. The first-order valence-corrected chi connectivity index (χ1v) is 5.87. The quantitative estimate of drug-likeness (QED) is 0.897. The number of carboxylic acid groups (broad SMARTS) is 1. The third-order valence-corrected chi connectivity index (χ3v) is 2.58. The molecule has 1 heterocycles. The topological polar surface area (TPSA) is 68.0 Å². The van der Waals surface area contributed by atoms with Crippen LogP contribution in [0.2, 0.25) is 0 Å². The maximum Gasteiger partial charge on any atom is 0.335 e. The summed E-state index contributed by atoms with van der Waals surface area (Å²) >= 11 is 0. The second-order valence-electron chi connectivity index (χ2n) is 4.09. The van der Waals surface area contributed by atoms with Crippen LogP contribution < -0.4 is 0 Å². The van der Waals surface area contributed by atoms with Gasteiger partial charge in [0.05, 0.1) is 5.56 Å². The standard InChI is InChI=1S/C13H15N3O2/c1-3-7-16-12(14-9(2)15-16)10-5-4-6-11(8-10)13(17)18/h4-6,8H,3,7H2,1-2H3,(H,17,18). The van der Waals surface area contributed by atoms with Crippen molar-refractivity contribution < 1.29 is 9.90 Å². The fourth-order valence-corrected chi connectivity index (χ4v) is 1.83. The Balaban J connectivity index is 2.47. The van der Waals surface area contributed by atoms with Gasteiger partial charge in [-0.1, -0.05) is 19.1 Å². The molecule has 94 valence electrons. The molecule has 0 fully saturated rings. The van der Waals surface area contributed by atoms with Crippen molar-refractivity contribution in [1.29, 1.82) is 0 Å². The van der Waals surface area contributed by atoms with Gasteiger partial charge in [0, 0.05) is 12.1 Å². The van der Waals surface area contributed by atoms with Crippen molar-refractivity contribution in [3.8, 4) is 11.4 Å². The Morgan fingerprint density at radius 1 is 1.44 bits per heavy atom. The van der Waals surface area contributed by atoms with E-state index in [1.54, 1.807) is 18.2 Å². The molecule has 1 aromatic carbocycles. The number of nitrogens with zero attached hydrogens (tertiary/aromatic N) is 3. The molecule has 0 saturated heterocycles. The minimum atomic E-state index is -0.935. The predicted molar refractivity (Wildman–Crippen MR) is 67.4 cm³/mol. The number of aryl methyl sites for hydroxylation is 2. The Hall–Kier alpha value is -2.17. The van der Waals surface area contributed by atoms with Gasteiger partial charge in [-0.05, 0) is 25.5 Å². The Labute approximate surface area is 105 Å². The van der Waals surface area contributed by atoms with E-state index in [9.17, 15) is 4.79 Å². The van der Waals surface area contributed by atoms with Crippen LogP contribution in [0, 0.1) is 6.92 Å². The molecule has 0 saturated carbocycles. The van der Waals surface area contributed by atoms with E-state index in [4.69, 9.17) is 5.11 Å². The fraction of sp³-hybridized carbons (Fsp3) is 0.308. The molecule has 1 aromatic heterocycles. The molecular formula is C13H15N3O2. The highest BCUT2D eigenvalue weighted by Crippen LogP contribution is 2.19. The van der Waals surface area contributed by atoms with Crippen molar-refractivity contribution in [3.05, 3.63) is 35.7 Å². The highest BCUT2D eigenvalue weighted by Gasteiger charge is 2.11. The molecule has 1 N–H and O–H groups in total.